The zero-order chi connectivity index (χ0) is 25.0. The Labute approximate surface area is 211 Å². The second kappa shape index (κ2) is 10.5. The molecule has 0 aliphatic heterocycles. The molecule has 1 saturated carbocycles. The van der Waals surface area contributed by atoms with Gasteiger partial charge in [-0.1, -0.05) is 79.7 Å². The summed E-state index contributed by atoms with van der Waals surface area (Å²) in [5.74, 6) is 1.32. The average Bonchev–Trinajstić information content (AvgIpc) is 3.49. The normalized spacial score (nSPS) is 19.3. The summed E-state index contributed by atoms with van der Waals surface area (Å²) in [5, 5.41) is 11.8. The van der Waals surface area contributed by atoms with Crippen LogP contribution < -0.4 is 4.74 Å². The number of hydrogen-bond acceptors (Lipinski definition) is 5. The molecule has 5 heteroatoms. The standard InChI is InChI=1S/C31H31NO4/c1-2-11-27(33)35-25-17-9-12-22(20-25)21-31(34)19-10-18-26(31)30-32-28(23-13-5-3-6-14-23)29(36-30)24-15-7-4-8-16-24/h3-9,12-17,20,26,34H,2,10-11,18-19,21H2,1H3. The van der Waals surface area contributed by atoms with Crippen LogP contribution in [0.4, 0.5) is 0 Å². The van der Waals surface area contributed by atoms with Crippen LogP contribution in [0.3, 0.4) is 0 Å². The quantitative estimate of drug-likeness (QED) is 0.218. The van der Waals surface area contributed by atoms with E-state index in [9.17, 15) is 9.90 Å². The van der Waals surface area contributed by atoms with Gasteiger partial charge in [-0.3, -0.25) is 4.79 Å². The van der Waals surface area contributed by atoms with Crippen LogP contribution in [0.25, 0.3) is 22.6 Å². The van der Waals surface area contributed by atoms with Crippen molar-refractivity contribution in [3.8, 4) is 28.3 Å². The highest BCUT2D eigenvalue weighted by Crippen LogP contribution is 2.47. The molecule has 184 valence electrons. The maximum atomic E-state index is 11.9. The molecule has 0 spiro atoms. The third-order valence-corrected chi connectivity index (χ3v) is 6.87. The van der Waals surface area contributed by atoms with Crippen molar-refractivity contribution in [1.82, 2.24) is 4.98 Å². The Morgan fingerprint density at radius 1 is 1.03 bits per heavy atom. The fourth-order valence-corrected chi connectivity index (χ4v) is 5.14. The molecule has 0 bridgehead atoms. The molecule has 5 rings (SSSR count). The monoisotopic (exact) mass is 481 g/mol. The molecule has 0 amide bonds. The molecule has 1 fully saturated rings. The SMILES string of the molecule is CCCC(=O)Oc1cccc(CC2(O)CCCC2c2nc(-c3ccccc3)c(-c3ccccc3)o2)c1. The number of carbonyl (C=O) groups is 1. The largest absolute Gasteiger partial charge is 0.440 e. The number of benzene rings is 3. The van der Waals surface area contributed by atoms with E-state index in [1.165, 1.54) is 0 Å². The number of esters is 1. The van der Waals surface area contributed by atoms with Gasteiger partial charge in [-0.15, -0.1) is 0 Å². The average molecular weight is 482 g/mol. The second-order valence-electron chi connectivity index (χ2n) is 9.56. The first-order valence-corrected chi connectivity index (χ1v) is 12.7. The van der Waals surface area contributed by atoms with Gasteiger partial charge in [0, 0.05) is 24.0 Å². The minimum Gasteiger partial charge on any atom is -0.440 e. The zero-order valence-electron chi connectivity index (χ0n) is 20.5. The van der Waals surface area contributed by atoms with Gasteiger partial charge >= 0.3 is 5.97 Å². The molecule has 1 aliphatic rings. The third-order valence-electron chi connectivity index (χ3n) is 6.87. The van der Waals surface area contributed by atoms with Crippen LogP contribution in [0.2, 0.25) is 0 Å². The fraction of sp³-hybridized carbons (Fsp3) is 0.290. The van der Waals surface area contributed by atoms with Crippen molar-refractivity contribution in [1.29, 1.82) is 0 Å². The Morgan fingerprint density at radius 3 is 2.47 bits per heavy atom. The predicted molar refractivity (Wildman–Crippen MR) is 140 cm³/mol. The van der Waals surface area contributed by atoms with Crippen molar-refractivity contribution in [2.75, 3.05) is 0 Å². The lowest BCUT2D eigenvalue weighted by Crippen LogP contribution is -2.34. The molecule has 1 N–H and O–H groups in total. The van der Waals surface area contributed by atoms with Gasteiger partial charge in [-0.2, -0.15) is 0 Å². The molecule has 3 aromatic carbocycles. The number of aliphatic hydroxyl groups is 1. The first-order valence-electron chi connectivity index (χ1n) is 12.7. The van der Waals surface area contributed by atoms with Crippen LogP contribution in [0.5, 0.6) is 5.75 Å². The fourth-order valence-electron chi connectivity index (χ4n) is 5.14. The molecule has 5 nitrogen and oxygen atoms in total. The van der Waals surface area contributed by atoms with E-state index in [4.69, 9.17) is 14.1 Å². The van der Waals surface area contributed by atoms with Gasteiger partial charge in [0.15, 0.2) is 5.76 Å². The van der Waals surface area contributed by atoms with Crippen LogP contribution in [-0.4, -0.2) is 21.7 Å². The lowest BCUT2D eigenvalue weighted by Gasteiger charge is -2.28. The number of carbonyl (C=O) groups excluding carboxylic acids is 1. The molecular weight excluding hydrogens is 450 g/mol. The van der Waals surface area contributed by atoms with Gasteiger partial charge in [-0.25, -0.2) is 4.98 Å². The summed E-state index contributed by atoms with van der Waals surface area (Å²) < 4.78 is 11.9. The van der Waals surface area contributed by atoms with Crippen molar-refractivity contribution in [3.05, 3.63) is 96.4 Å². The van der Waals surface area contributed by atoms with Crippen LogP contribution in [0, 0.1) is 0 Å². The molecule has 1 heterocycles. The van der Waals surface area contributed by atoms with Crippen LogP contribution in [0.1, 0.15) is 56.4 Å². The Kier molecular flexibility index (Phi) is 7.01. The maximum absolute atomic E-state index is 11.9. The second-order valence-corrected chi connectivity index (χ2v) is 9.56. The minimum absolute atomic E-state index is 0.233. The molecule has 2 atom stereocenters. The van der Waals surface area contributed by atoms with Crippen LogP contribution >= 0.6 is 0 Å². The van der Waals surface area contributed by atoms with Crippen molar-refractivity contribution < 1.29 is 19.1 Å². The first-order chi connectivity index (χ1) is 17.6. The third kappa shape index (κ3) is 5.12. The van der Waals surface area contributed by atoms with Crippen molar-refractivity contribution >= 4 is 5.97 Å². The Morgan fingerprint density at radius 2 is 1.75 bits per heavy atom. The van der Waals surface area contributed by atoms with Gasteiger partial charge in [-0.05, 0) is 43.4 Å². The topological polar surface area (TPSA) is 72.6 Å². The van der Waals surface area contributed by atoms with E-state index in [0.717, 1.165) is 47.4 Å². The molecule has 36 heavy (non-hydrogen) atoms. The number of nitrogens with zero attached hydrogens (tertiary/aromatic N) is 1. The molecule has 1 aromatic heterocycles. The van der Waals surface area contributed by atoms with Gasteiger partial charge < -0.3 is 14.3 Å². The lowest BCUT2D eigenvalue weighted by molar-refractivity contribution is -0.134. The van der Waals surface area contributed by atoms with Crippen molar-refractivity contribution in [3.63, 3.8) is 0 Å². The van der Waals surface area contributed by atoms with E-state index < -0.39 is 5.60 Å². The predicted octanol–water partition coefficient (Wildman–Crippen LogP) is 6.96. The lowest BCUT2D eigenvalue weighted by atomic mass is 9.84. The smallest absolute Gasteiger partial charge is 0.311 e. The number of ether oxygens (including phenoxy) is 1. The van der Waals surface area contributed by atoms with Gasteiger partial charge in [0.2, 0.25) is 5.89 Å². The summed E-state index contributed by atoms with van der Waals surface area (Å²) in [5.41, 5.74) is 2.65. The van der Waals surface area contributed by atoms with Crippen molar-refractivity contribution in [2.45, 2.75) is 57.0 Å². The summed E-state index contributed by atoms with van der Waals surface area (Å²) in [4.78, 5) is 16.9. The summed E-state index contributed by atoms with van der Waals surface area (Å²) in [7, 11) is 0. The molecule has 0 radical (unpaired) electrons. The van der Waals surface area contributed by atoms with Gasteiger partial charge in [0.05, 0.1) is 11.5 Å². The molecule has 2 unspecified atom stereocenters. The van der Waals surface area contributed by atoms with Gasteiger partial charge in [0.1, 0.15) is 11.4 Å². The number of oxazole rings is 1. The van der Waals surface area contributed by atoms with Crippen LogP contribution in [-0.2, 0) is 11.2 Å². The van der Waals surface area contributed by atoms with Crippen molar-refractivity contribution in [2.24, 2.45) is 0 Å². The van der Waals surface area contributed by atoms with E-state index in [1.807, 2.05) is 85.8 Å². The Balaban J connectivity index is 1.46. The summed E-state index contributed by atoms with van der Waals surface area (Å²) in [6.45, 7) is 1.95. The highest BCUT2D eigenvalue weighted by molar-refractivity contribution is 5.77. The number of rotatable bonds is 8. The Bertz CT molecular complexity index is 1260. The summed E-state index contributed by atoms with van der Waals surface area (Å²) in [6, 6.07) is 27.5. The van der Waals surface area contributed by atoms with E-state index in [0.29, 0.717) is 30.9 Å². The minimum atomic E-state index is -1.00. The van der Waals surface area contributed by atoms with E-state index >= 15 is 0 Å². The summed E-state index contributed by atoms with van der Waals surface area (Å²) >= 11 is 0. The number of hydrogen-bond donors (Lipinski definition) is 1. The molecular formula is C31H31NO4. The first kappa shape index (κ1) is 24.0. The number of aromatic nitrogens is 1. The highest BCUT2D eigenvalue weighted by Gasteiger charge is 2.45. The zero-order valence-corrected chi connectivity index (χ0v) is 20.5. The Hall–Kier alpha value is -3.70. The molecule has 0 saturated heterocycles. The highest BCUT2D eigenvalue weighted by atomic mass is 16.5. The van der Waals surface area contributed by atoms with E-state index in [2.05, 4.69) is 0 Å². The molecule has 4 aromatic rings. The molecule has 1 aliphatic carbocycles. The van der Waals surface area contributed by atoms with Crippen LogP contribution in [0.15, 0.2) is 89.3 Å². The maximum Gasteiger partial charge on any atom is 0.311 e. The van der Waals surface area contributed by atoms with E-state index in [-0.39, 0.29) is 11.9 Å². The van der Waals surface area contributed by atoms with E-state index in [1.54, 1.807) is 6.07 Å². The van der Waals surface area contributed by atoms with Gasteiger partial charge in [0.25, 0.3) is 0 Å². The summed E-state index contributed by atoms with van der Waals surface area (Å²) in [6.07, 6.45) is 3.89.